The SMILES string of the molecule is CNC(c1cc(Br)ccc1I)C1CC(C)(C)OC1(C)C. The Bertz CT molecular complexity index is 501. The normalized spacial score (nSPS) is 25.6. The topological polar surface area (TPSA) is 21.3 Å². The van der Waals surface area contributed by atoms with Crippen molar-refractivity contribution in [1.29, 1.82) is 0 Å². The van der Waals surface area contributed by atoms with Gasteiger partial charge in [-0.3, -0.25) is 0 Å². The van der Waals surface area contributed by atoms with Crippen molar-refractivity contribution in [2.75, 3.05) is 7.05 Å². The van der Waals surface area contributed by atoms with E-state index in [4.69, 9.17) is 4.74 Å². The van der Waals surface area contributed by atoms with Gasteiger partial charge < -0.3 is 10.1 Å². The lowest BCUT2D eigenvalue weighted by Gasteiger charge is -2.33. The monoisotopic (exact) mass is 451 g/mol. The Hall–Kier alpha value is 0.350. The fourth-order valence-corrected chi connectivity index (χ4v) is 4.50. The lowest BCUT2D eigenvalue weighted by atomic mass is 9.79. The highest BCUT2D eigenvalue weighted by Crippen LogP contribution is 2.48. The maximum atomic E-state index is 6.27. The Morgan fingerprint density at radius 2 is 2.00 bits per heavy atom. The lowest BCUT2D eigenvalue weighted by molar-refractivity contribution is -0.0777. The third-order valence-electron chi connectivity index (χ3n) is 4.15. The lowest BCUT2D eigenvalue weighted by Crippen LogP contribution is -2.37. The molecule has 0 bridgehead atoms. The number of hydrogen-bond donors (Lipinski definition) is 1. The molecule has 1 aliphatic heterocycles. The van der Waals surface area contributed by atoms with Crippen LogP contribution in [0.2, 0.25) is 0 Å². The van der Waals surface area contributed by atoms with Gasteiger partial charge in [0.25, 0.3) is 0 Å². The van der Waals surface area contributed by atoms with Crippen LogP contribution in [-0.4, -0.2) is 18.2 Å². The van der Waals surface area contributed by atoms with Gasteiger partial charge in [-0.25, -0.2) is 0 Å². The summed E-state index contributed by atoms with van der Waals surface area (Å²) in [4.78, 5) is 0. The molecule has 0 amide bonds. The molecule has 1 aromatic rings. The molecule has 0 spiro atoms. The molecule has 1 fully saturated rings. The molecule has 2 rings (SSSR count). The van der Waals surface area contributed by atoms with Gasteiger partial charge in [0.2, 0.25) is 0 Å². The summed E-state index contributed by atoms with van der Waals surface area (Å²) >= 11 is 6.01. The van der Waals surface area contributed by atoms with Crippen molar-refractivity contribution in [3.63, 3.8) is 0 Å². The van der Waals surface area contributed by atoms with Crippen molar-refractivity contribution < 1.29 is 4.74 Å². The van der Waals surface area contributed by atoms with Crippen LogP contribution in [0.3, 0.4) is 0 Å². The average molecular weight is 452 g/mol. The number of rotatable bonds is 3. The summed E-state index contributed by atoms with van der Waals surface area (Å²) in [5.41, 5.74) is 1.17. The largest absolute Gasteiger partial charge is 0.369 e. The van der Waals surface area contributed by atoms with Crippen LogP contribution < -0.4 is 5.32 Å². The van der Waals surface area contributed by atoms with Crippen LogP contribution in [0.25, 0.3) is 0 Å². The molecule has 0 aromatic heterocycles. The highest BCUT2D eigenvalue weighted by atomic mass is 127. The van der Waals surface area contributed by atoms with Crippen LogP contribution >= 0.6 is 38.5 Å². The minimum Gasteiger partial charge on any atom is -0.369 e. The summed E-state index contributed by atoms with van der Waals surface area (Å²) in [6.07, 6.45) is 1.06. The van der Waals surface area contributed by atoms with Gasteiger partial charge in [-0.15, -0.1) is 0 Å². The van der Waals surface area contributed by atoms with Crippen LogP contribution in [-0.2, 0) is 4.74 Å². The van der Waals surface area contributed by atoms with Crippen molar-refractivity contribution in [2.24, 2.45) is 5.92 Å². The standard InChI is InChI=1S/C16H23BrINO/c1-15(2)9-12(16(3,4)20-15)14(19-5)11-8-10(17)6-7-13(11)18/h6-8,12,14,19H,9H2,1-5H3. The zero-order valence-corrected chi connectivity index (χ0v) is 16.5. The van der Waals surface area contributed by atoms with E-state index >= 15 is 0 Å². The molecule has 2 atom stereocenters. The van der Waals surface area contributed by atoms with Gasteiger partial charge in [0.1, 0.15) is 0 Å². The molecule has 1 N–H and O–H groups in total. The maximum absolute atomic E-state index is 6.27. The first-order valence-electron chi connectivity index (χ1n) is 6.99. The Morgan fingerprint density at radius 3 is 2.50 bits per heavy atom. The quantitative estimate of drug-likeness (QED) is 0.659. The Balaban J connectivity index is 2.40. The smallest absolute Gasteiger partial charge is 0.0681 e. The van der Waals surface area contributed by atoms with Crippen LogP contribution in [0, 0.1) is 9.49 Å². The molecule has 1 saturated heterocycles. The highest BCUT2D eigenvalue weighted by molar-refractivity contribution is 14.1. The molecular formula is C16H23BrINO. The van der Waals surface area contributed by atoms with Crippen molar-refractivity contribution in [1.82, 2.24) is 5.32 Å². The van der Waals surface area contributed by atoms with Crippen LogP contribution in [0.5, 0.6) is 0 Å². The summed E-state index contributed by atoms with van der Waals surface area (Å²) in [6, 6.07) is 6.79. The van der Waals surface area contributed by atoms with E-state index in [9.17, 15) is 0 Å². The molecule has 0 aliphatic carbocycles. The Morgan fingerprint density at radius 1 is 1.35 bits per heavy atom. The summed E-state index contributed by atoms with van der Waals surface area (Å²) < 4.78 is 8.69. The predicted octanol–water partition coefficient (Wildman–Crippen LogP) is 4.91. The second-order valence-electron chi connectivity index (χ2n) is 6.71. The zero-order chi connectivity index (χ0) is 15.1. The molecule has 0 radical (unpaired) electrons. The fourth-order valence-electron chi connectivity index (χ4n) is 3.45. The minimum absolute atomic E-state index is 0.0548. The van der Waals surface area contributed by atoms with E-state index in [2.05, 4.69) is 89.7 Å². The number of ether oxygens (including phenoxy) is 1. The van der Waals surface area contributed by atoms with E-state index < -0.39 is 0 Å². The minimum atomic E-state index is -0.122. The number of nitrogens with one attached hydrogen (secondary N) is 1. The first kappa shape index (κ1) is 16.7. The van der Waals surface area contributed by atoms with E-state index in [1.165, 1.54) is 9.13 Å². The molecule has 1 aromatic carbocycles. The van der Waals surface area contributed by atoms with Crippen molar-refractivity contribution >= 4 is 38.5 Å². The van der Waals surface area contributed by atoms with E-state index in [-0.39, 0.29) is 11.2 Å². The van der Waals surface area contributed by atoms with Crippen molar-refractivity contribution in [2.45, 2.75) is 51.4 Å². The van der Waals surface area contributed by atoms with E-state index in [1.807, 2.05) is 7.05 Å². The molecule has 0 saturated carbocycles. The van der Waals surface area contributed by atoms with Crippen LogP contribution in [0.4, 0.5) is 0 Å². The van der Waals surface area contributed by atoms with Crippen LogP contribution in [0.15, 0.2) is 22.7 Å². The second kappa shape index (κ2) is 5.86. The van der Waals surface area contributed by atoms with Gasteiger partial charge in [0, 0.05) is 20.0 Å². The molecule has 2 nitrogen and oxygen atoms in total. The van der Waals surface area contributed by atoms with Gasteiger partial charge in [0.15, 0.2) is 0 Å². The summed E-state index contributed by atoms with van der Waals surface area (Å²) in [6.45, 7) is 8.80. The van der Waals surface area contributed by atoms with Gasteiger partial charge in [-0.05, 0) is 87.5 Å². The van der Waals surface area contributed by atoms with Gasteiger partial charge >= 0.3 is 0 Å². The molecule has 112 valence electrons. The highest BCUT2D eigenvalue weighted by Gasteiger charge is 2.49. The predicted molar refractivity (Wildman–Crippen MR) is 96.0 cm³/mol. The average Bonchev–Trinajstić information content (AvgIpc) is 2.53. The van der Waals surface area contributed by atoms with E-state index in [0.717, 1.165) is 10.9 Å². The number of halogens is 2. The summed E-state index contributed by atoms with van der Waals surface area (Å²) in [5.74, 6) is 0.449. The molecule has 20 heavy (non-hydrogen) atoms. The molecule has 1 heterocycles. The zero-order valence-electron chi connectivity index (χ0n) is 12.8. The van der Waals surface area contributed by atoms with Crippen molar-refractivity contribution in [3.05, 3.63) is 31.8 Å². The molecule has 1 aliphatic rings. The van der Waals surface area contributed by atoms with Gasteiger partial charge in [-0.1, -0.05) is 15.9 Å². The molecular weight excluding hydrogens is 429 g/mol. The second-order valence-corrected chi connectivity index (χ2v) is 8.79. The summed E-state index contributed by atoms with van der Waals surface area (Å²) in [5, 5.41) is 3.52. The number of benzene rings is 1. The first-order chi connectivity index (χ1) is 9.16. The van der Waals surface area contributed by atoms with E-state index in [1.54, 1.807) is 0 Å². The fraction of sp³-hybridized carbons (Fsp3) is 0.625. The third kappa shape index (κ3) is 3.39. The maximum Gasteiger partial charge on any atom is 0.0681 e. The third-order valence-corrected chi connectivity index (χ3v) is 5.63. The van der Waals surface area contributed by atoms with Crippen LogP contribution in [0.1, 0.15) is 45.7 Å². The molecule has 4 heteroatoms. The number of hydrogen-bond acceptors (Lipinski definition) is 2. The molecule has 2 unspecified atom stereocenters. The Labute approximate surface area is 144 Å². The first-order valence-corrected chi connectivity index (χ1v) is 8.86. The van der Waals surface area contributed by atoms with Crippen molar-refractivity contribution in [3.8, 4) is 0 Å². The van der Waals surface area contributed by atoms with E-state index in [0.29, 0.717) is 12.0 Å². The van der Waals surface area contributed by atoms with Gasteiger partial charge in [0.05, 0.1) is 11.2 Å². The summed E-state index contributed by atoms with van der Waals surface area (Å²) in [7, 11) is 2.04. The Kier molecular flexibility index (Phi) is 4.90. The van der Waals surface area contributed by atoms with Gasteiger partial charge in [-0.2, -0.15) is 0 Å².